The summed E-state index contributed by atoms with van der Waals surface area (Å²) in [4.78, 5) is 0. The molecule has 4 rings (SSSR count). The van der Waals surface area contributed by atoms with Crippen molar-refractivity contribution in [3.63, 3.8) is 0 Å². The number of aromatic nitrogens is 1. The van der Waals surface area contributed by atoms with Crippen LogP contribution in [-0.4, -0.2) is 4.57 Å². The van der Waals surface area contributed by atoms with Gasteiger partial charge in [0.2, 0.25) is 0 Å². The van der Waals surface area contributed by atoms with Gasteiger partial charge in [0.05, 0.1) is 0 Å². The van der Waals surface area contributed by atoms with E-state index >= 15 is 0 Å². The van der Waals surface area contributed by atoms with Crippen LogP contribution in [0.1, 0.15) is 25.5 Å². The van der Waals surface area contributed by atoms with Crippen LogP contribution in [0, 0.1) is 0 Å². The fourth-order valence-electron chi connectivity index (χ4n) is 3.52. The van der Waals surface area contributed by atoms with Crippen LogP contribution < -0.4 is 0 Å². The molecule has 0 fully saturated rings. The van der Waals surface area contributed by atoms with Gasteiger partial charge in [0.15, 0.2) is 0 Å². The van der Waals surface area contributed by atoms with Gasteiger partial charge in [-0.15, -0.1) is 0 Å². The van der Waals surface area contributed by atoms with Gasteiger partial charge in [-0.05, 0) is 29.2 Å². The van der Waals surface area contributed by atoms with Gasteiger partial charge in [0.1, 0.15) is 0 Å². The second-order valence-corrected chi connectivity index (χ2v) is 6.51. The van der Waals surface area contributed by atoms with E-state index in [2.05, 4.69) is 103 Å². The van der Waals surface area contributed by atoms with Crippen molar-refractivity contribution >= 4 is 10.8 Å². The van der Waals surface area contributed by atoms with Gasteiger partial charge in [0.25, 0.3) is 0 Å². The van der Waals surface area contributed by atoms with Crippen LogP contribution in [0.15, 0.2) is 85.1 Å². The molecule has 0 saturated carbocycles. The molecule has 1 heteroatoms. The Bertz CT molecular complexity index is 963. The van der Waals surface area contributed by atoms with Crippen molar-refractivity contribution in [3.8, 4) is 16.8 Å². The van der Waals surface area contributed by atoms with E-state index in [0.717, 1.165) is 0 Å². The highest BCUT2D eigenvalue weighted by molar-refractivity contribution is 5.99. The Labute approximate surface area is 143 Å². The lowest BCUT2D eigenvalue weighted by Crippen LogP contribution is -2.01. The Hall–Kier alpha value is -2.80. The Kier molecular flexibility index (Phi) is 3.70. The lowest BCUT2D eigenvalue weighted by atomic mass is 9.96. The first kappa shape index (κ1) is 14.8. The van der Waals surface area contributed by atoms with Crippen LogP contribution in [0.25, 0.3) is 27.6 Å². The van der Waals surface area contributed by atoms with E-state index in [9.17, 15) is 0 Å². The predicted molar refractivity (Wildman–Crippen MR) is 103 cm³/mol. The summed E-state index contributed by atoms with van der Waals surface area (Å²) >= 11 is 0. The summed E-state index contributed by atoms with van der Waals surface area (Å²) in [6, 6.07) is 27.9. The molecular weight excluding hydrogens is 290 g/mol. The summed E-state index contributed by atoms with van der Waals surface area (Å²) < 4.78 is 2.35. The fraction of sp³-hybridized carbons (Fsp3) is 0.130. The molecule has 24 heavy (non-hydrogen) atoms. The molecule has 3 aromatic carbocycles. The Morgan fingerprint density at radius 2 is 1.38 bits per heavy atom. The Balaban J connectivity index is 2.06. The largest absolute Gasteiger partial charge is 0.319 e. The molecule has 1 heterocycles. The fourth-order valence-corrected chi connectivity index (χ4v) is 3.52. The minimum atomic E-state index is 0.438. The van der Waals surface area contributed by atoms with E-state index in [0.29, 0.717) is 5.92 Å². The van der Waals surface area contributed by atoms with Gasteiger partial charge in [0, 0.05) is 28.4 Å². The molecule has 118 valence electrons. The quantitative estimate of drug-likeness (QED) is 0.411. The molecule has 0 bridgehead atoms. The number of nitrogens with zero attached hydrogens (tertiary/aromatic N) is 1. The van der Waals surface area contributed by atoms with Crippen molar-refractivity contribution in [2.24, 2.45) is 0 Å². The van der Waals surface area contributed by atoms with Gasteiger partial charge >= 0.3 is 0 Å². The molecule has 1 aromatic heterocycles. The highest BCUT2D eigenvalue weighted by atomic mass is 15.0. The summed E-state index contributed by atoms with van der Waals surface area (Å²) in [6.07, 6.45) is 2.27. The second kappa shape index (κ2) is 6.01. The number of para-hydroxylation sites is 1. The third-order valence-corrected chi connectivity index (χ3v) is 4.55. The van der Waals surface area contributed by atoms with Gasteiger partial charge < -0.3 is 4.57 Å². The average Bonchev–Trinajstić information content (AvgIpc) is 3.03. The monoisotopic (exact) mass is 311 g/mol. The van der Waals surface area contributed by atoms with E-state index in [1.54, 1.807) is 0 Å². The normalized spacial score (nSPS) is 11.3. The maximum absolute atomic E-state index is 2.35. The maximum atomic E-state index is 2.35. The minimum absolute atomic E-state index is 0.438. The van der Waals surface area contributed by atoms with Gasteiger partial charge in [-0.1, -0.05) is 80.6 Å². The first-order chi connectivity index (χ1) is 11.8. The van der Waals surface area contributed by atoms with Crippen LogP contribution in [0.5, 0.6) is 0 Å². The van der Waals surface area contributed by atoms with Crippen molar-refractivity contribution in [1.82, 2.24) is 4.57 Å². The molecule has 0 saturated heterocycles. The van der Waals surface area contributed by atoms with Crippen molar-refractivity contribution in [2.75, 3.05) is 0 Å². The average molecular weight is 311 g/mol. The maximum Gasteiger partial charge on any atom is 0.0452 e. The summed E-state index contributed by atoms with van der Waals surface area (Å²) in [5, 5.41) is 2.66. The zero-order valence-electron chi connectivity index (χ0n) is 14.1. The molecular formula is C23H21N. The molecule has 4 aromatic rings. The zero-order valence-corrected chi connectivity index (χ0v) is 14.1. The number of benzene rings is 3. The lowest BCUT2D eigenvalue weighted by molar-refractivity contribution is 0.795. The predicted octanol–water partition coefficient (Wildman–Crippen LogP) is 6.42. The minimum Gasteiger partial charge on any atom is -0.319 e. The molecule has 0 spiro atoms. The smallest absolute Gasteiger partial charge is 0.0452 e. The van der Waals surface area contributed by atoms with Crippen LogP contribution in [0.4, 0.5) is 0 Å². The molecule has 0 atom stereocenters. The van der Waals surface area contributed by atoms with E-state index in [1.165, 1.54) is 33.3 Å². The van der Waals surface area contributed by atoms with E-state index < -0.39 is 0 Å². The van der Waals surface area contributed by atoms with Gasteiger partial charge in [-0.2, -0.15) is 0 Å². The van der Waals surface area contributed by atoms with E-state index in [1.807, 2.05) is 0 Å². The molecule has 0 aliphatic carbocycles. The second-order valence-electron chi connectivity index (χ2n) is 6.51. The van der Waals surface area contributed by atoms with Crippen LogP contribution in [0.3, 0.4) is 0 Å². The van der Waals surface area contributed by atoms with Crippen LogP contribution in [-0.2, 0) is 0 Å². The number of rotatable bonds is 3. The van der Waals surface area contributed by atoms with Crippen molar-refractivity contribution in [2.45, 2.75) is 19.8 Å². The zero-order chi connectivity index (χ0) is 16.5. The standard InChI is InChI=1S/C23H21N/c1-17(2)23-22-19(16-24(23)20-13-7-4-8-14-20)12-9-15-21(22)18-10-5-3-6-11-18/h3-17H,1-2H3. The first-order valence-electron chi connectivity index (χ1n) is 8.50. The van der Waals surface area contributed by atoms with Crippen molar-refractivity contribution in [3.05, 3.63) is 90.8 Å². The highest BCUT2D eigenvalue weighted by Gasteiger charge is 2.17. The van der Waals surface area contributed by atoms with Gasteiger partial charge in [-0.25, -0.2) is 0 Å². The topological polar surface area (TPSA) is 4.93 Å². The molecule has 0 N–H and O–H groups in total. The first-order valence-corrected chi connectivity index (χ1v) is 8.50. The Morgan fingerprint density at radius 1 is 0.708 bits per heavy atom. The Morgan fingerprint density at radius 3 is 2.04 bits per heavy atom. The lowest BCUT2D eigenvalue weighted by Gasteiger charge is -2.14. The summed E-state index contributed by atoms with van der Waals surface area (Å²) in [5.74, 6) is 0.438. The van der Waals surface area contributed by atoms with Crippen LogP contribution >= 0.6 is 0 Å². The summed E-state index contributed by atoms with van der Waals surface area (Å²) in [6.45, 7) is 4.55. The molecule has 1 nitrogen and oxygen atoms in total. The summed E-state index contributed by atoms with van der Waals surface area (Å²) in [7, 11) is 0. The molecule has 0 radical (unpaired) electrons. The third kappa shape index (κ3) is 2.43. The van der Waals surface area contributed by atoms with E-state index in [4.69, 9.17) is 0 Å². The molecule has 0 aliphatic heterocycles. The summed E-state index contributed by atoms with van der Waals surface area (Å²) in [5.41, 5.74) is 5.18. The van der Waals surface area contributed by atoms with Crippen molar-refractivity contribution < 1.29 is 0 Å². The van der Waals surface area contributed by atoms with Crippen molar-refractivity contribution in [1.29, 1.82) is 0 Å². The van der Waals surface area contributed by atoms with Gasteiger partial charge in [-0.3, -0.25) is 0 Å². The highest BCUT2D eigenvalue weighted by Crippen LogP contribution is 2.37. The van der Waals surface area contributed by atoms with E-state index in [-0.39, 0.29) is 0 Å². The number of hydrogen-bond acceptors (Lipinski definition) is 0. The molecule has 0 amide bonds. The number of fused-ring (bicyclic) bond motifs is 1. The molecule has 0 unspecified atom stereocenters. The SMILES string of the molecule is CC(C)c1c2c(-c3ccccc3)cccc2cn1-c1ccccc1. The molecule has 0 aliphatic rings. The number of hydrogen-bond donors (Lipinski definition) is 0. The third-order valence-electron chi connectivity index (χ3n) is 4.55. The van der Waals surface area contributed by atoms with Crippen LogP contribution in [0.2, 0.25) is 0 Å².